The summed E-state index contributed by atoms with van der Waals surface area (Å²) in [7, 11) is 1.53. The van der Waals surface area contributed by atoms with E-state index in [1.807, 2.05) is 0 Å². The molecule has 0 fully saturated rings. The minimum atomic E-state index is -0.270. The average Bonchev–Trinajstić information content (AvgIpc) is 2.60. The average molecular weight is 380 g/mol. The molecule has 0 bridgehead atoms. The van der Waals surface area contributed by atoms with Gasteiger partial charge in [0.2, 0.25) is 0 Å². The van der Waals surface area contributed by atoms with Gasteiger partial charge in [-0.2, -0.15) is 0 Å². The first-order valence-corrected chi connectivity index (χ1v) is 8.34. The zero-order valence-corrected chi connectivity index (χ0v) is 14.9. The normalized spacial score (nSPS) is 13.4. The lowest BCUT2D eigenvalue weighted by Crippen LogP contribution is -2.40. The number of amides is 1. The van der Waals surface area contributed by atoms with Crippen LogP contribution in [0, 0.1) is 0 Å². The Hall–Kier alpha value is -2.24. The maximum atomic E-state index is 12.6. The van der Waals surface area contributed by atoms with Crippen LogP contribution in [0.4, 0.5) is 5.69 Å². The van der Waals surface area contributed by atoms with Crippen molar-refractivity contribution >= 4 is 40.6 Å². The lowest BCUT2D eigenvalue weighted by molar-refractivity contribution is -0.120. The molecule has 1 aliphatic rings. The van der Waals surface area contributed by atoms with Crippen LogP contribution in [0.15, 0.2) is 36.4 Å². The number of carbonyl (C=O) groups is 2. The van der Waals surface area contributed by atoms with E-state index in [2.05, 4.69) is 0 Å². The first kappa shape index (κ1) is 17.6. The van der Waals surface area contributed by atoms with Gasteiger partial charge in [0.25, 0.3) is 5.91 Å². The van der Waals surface area contributed by atoms with E-state index in [0.717, 1.165) is 0 Å². The van der Waals surface area contributed by atoms with Crippen molar-refractivity contribution in [2.45, 2.75) is 6.42 Å². The number of hydrogen-bond acceptors (Lipinski definition) is 4. The Morgan fingerprint density at radius 2 is 2.00 bits per heavy atom. The summed E-state index contributed by atoms with van der Waals surface area (Å²) in [5.74, 6) is 0.683. The van der Waals surface area contributed by atoms with Crippen molar-refractivity contribution in [1.82, 2.24) is 0 Å². The van der Waals surface area contributed by atoms with Crippen LogP contribution in [0.2, 0.25) is 10.0 Å². The summed E-state index contributed by atoms with van der Waals surface area (Å²) in [5.41, 5.74) is 1.04. The molecule has 5 nitrogen and oxygen atoms in total. The van der Waals surface area contributed by atoms with Crippen LogP contribution in [-0.4, -0.2) is 32.0 Å². The number of ketones is 1. The molecule has 0 aliphatic carbocycles. The van der Waals surface area contributed by atoms with Crippen LogP contribution in [0.5, 0.6) is 11.5 Å². The lowest BCUT2D eigenvalue weighted by Gasteiger charge is -2.29. The molecule has 0 unspecified atom stereocenters. The number of Topliss-reactive ketones (excluding diaryl/α,β-unsaturated/α-hetero) is 1. The highest BCUT2D eigenvalue weighted by atomic mass is 35.5. The van der Waals surface area contributed by atoms with E-state index in [0.29, 0.717) is 39.3 Å². The highest BCUT2D eigenvalue weighted by Gasteiger charge is 2.28. The van der Waals surface area contributed by atoms with Crippen molar-refractivity contribution < 1.29 is 19.1 Å². The predicted molar refractivity (Wildman–Crippen MR) is 96.3 cm³/mol. The Morgan fingerprint density at radius 1 is 1.20 bits per heavy atom. The number of fused-ring (bicyclic) bond motifs is 1. The Morgan fingerprint density at radius 3 is 2.72 bits per heavy atom. The summed E-state index contributed by atoms with van der Waals surface area (Å²) in [4.78, 5) is 26.2. The summed E-state index contributed by atoms with van der Waals surface area (Å²) in [6.07, 6.45) is 0.271. The second-order valence-corrected chi connectivity index (χ2v) is 6.31. The molecule has 25 heavy (non-hydrogen) atoms. The first-order chi connectivity index (χ1) is 12.0. The van der Waals surface area contributed by atoms with E-state index < -0.39 is 0 Å². The molecule has 2 aromatic carbocycles. The second-order valence-electron chi connectivity index (χ2n) is 5.47. The fourth-order valence-electron chi connectivity index (χ4n) is 2.63. The van der Waals surface area contributed by atoms with Gasteiger partial charge in [-0.05, 0) is 30.3 Å². The molecule has 7 heteroatoms. The number of ether oxygens (including phenoxy) is 2. The fourth-order valence-corrected chi connectivity index (χ4v) is 3.10. The van der Waals surface area contributed by atoms with Crippen molar-refractivity contribution in [2.24, 2.45) is 0 Å². The summed E-state index contributed by atoms with van der Waals surface area (Å²) in [6.45, 7) is 0.0989. The molecule has 130 valence electrons. The Labute approximate surface area is 155 Å². The van der Waals surface area contributed by atoms with Gasteiger partial charge in [0.15, 0.2) is 12.4 Å². The summed E-state index contributed by atoms with van der Waals surface area (Å²) >= 11 is 11.9. The molecule has 0 aromatic heterocycles. The van der Waals surface area contributed by atoms with E-state index >= 15 is 0 Å². The minimum Gasteiger partial charge on any atom is -0.497 e. The first-order valence-electron chi connectivity index (χ1n) is 7.59. The van der Waals surface area contributed by atoms with Crippen molar-refractivity contribution in [3.63, 3.8) is 0 Å². The van der Waals surface area contributed by atoms with Crippen LogP contribution in [0.1, 0.15) is 16.8 Å². The lowest BCUT2D eigenvalue weighted by atomic mass is 10.00. The third-order valence-electron chi connectivity index (χ3n) is 3.90. The summed E-state index contributed by atoms with van der Waals surface area (Å²) in [6, 6.07) is 9.84. The maximum Gasteiger partial charge on any atom is 0.264 e. The fraction of sp³-hybridized carbons (Fsp3) is 0.222. The number of hydrogen-bond donors (Lipinski definition) is 0. The minimum absolute atomic E-state index is 0.00312. The molecule has 0 saturated carbocycles. The Bertz CT molecular complexity index is 838. The third-order valence-corrected chi connectivity index (χ3v) is 4.44. The van der Waals surface area contributed by atoms with Gasteiger partial charge in [-0.15, -0.1) is 0 Å². The van der Waals surface area contributed by atoms with Crippen molar-refractivity contribution in [1.29, 1.82) is 0 Å². The van der Waals surface area contributed by atoms with Crippen LogP contribution >= 0.6 is 23.2 Å². The van der Waals surface area contributed by atoms with Gasteiger partial charge in [0.1, 0.15) is 11.5 Å². The van der Waals surface area contributed by atoms with Crippen LogP contribution in [0.25, 0.3) is 0 Å². The number of nitrogens with zero attached hydrogens (tertiary/aromatic N) is 1. The number of halogens is 2. The number of carbonyl (C=O) groups excluding carboxylic acids is 2. The van der Waals surface area contributed by atoms with Gasteiger partial charge in [0.05, 0.1) is 17.8 Å². The van der Waals surface area contributed by atoms with Gasteiger partial charge in [0, 0.05) is 29.6 Å². The van der Waals surface area contributed by atoms with E-state index in [1.165, 1.54) is 12.0 Å². The number of benzene rings is 2. The number of rotatable bonds is 4. The van der Waals surface area contributed by atoms with E-state index in [9.17, 15) is 9.59 Å². The zero-order valence-electron chi connectivity index (χ0n) is 13.4. The standard InChI is InChI=1S/C18H15Cl2NO4/c1-24-12-3-4-13-15(9-12)21(7-6-16(13)22)18(23)10-25-17-5-2-11(19)8-14(17)20/h2-5,8-9H,6-7,10H2,1H3. The number of anilines is 1. The molecule has 2 aromatic rings. The van der Waals surface area contributed by atoms with Crippen LogP contribution in [-0.2, 0) is 4.79 Å². The molecular weight excluding hydrogens is 365 g/mol. The topological polar surface area (TPSA) is 55.8 Å². The quantitative estimate of drug-likeness (QED) is 0.805. The molecule has 1 heterocycles. The molecule has 0 atom stereocenters. The van der Waals surface area contributed by atoms with E-state index in [4.69, 9.17) is 32.7 Å². The summed E-state index contributed by atoms with van der Waals surface area (Å²) < 4.78 is 10.7. The van der Waals surface area contributed by atoms with Gasteiger partial charge in [-0.25, -0.2) is 0 Å². The molecule has 3 rings (SSSR count). The van der Waals surface area contributed by atoms with Crippen LogP contribution < -0.4 is 14.4 Å². The third kappa shape index (κ3) is 3.72. The zero-order chi connectivity index (χ0) is 18.0. The maximum absolute atomic E-state index is 12.6. The SMILES string of the molecule is COc1ccc2c(c1)N(C(=O)COc1ccc(Cl)cc1Cl)CCC2=O. The molecule has 0 spiro atoms. The van der Waals surface area contributed by atoms with Crippen molar-refractivity contribution in [3.05, 3.63) is 52.0 Å². The molecule has 0 N–H and O–H groups in total. The Kier molecular flexibility index (Phi) is 5.16. The molecule has 0 radical (unpaired) electrons. The van der Waals surface area contributed by atoms with Crippen molar-refractivity contribution in [3.8, 4) is 11.5 Å². The van der Waals surface area contributed by atoms with E-state index in [-0.39, 0.29) is 24.7 Å². The predicted octanol–water partition coefficient (Wildman–Crippen LogP) is 4.00. The monoisotopic (exact) mass is 379 g/mol. The van der Waals surface area contributed by atoms with Crippen molar-refractivity contribution in [2.75, 3.05) is 25.2 Å². The molecule has 0 saturated heterocycles. The van der Waals surface area contributed by atoms with Gasteiger partial charge in [-0.3, -0.25) is 9.59 Å². The number of methoxy groups -OCH3 is 1. The smallest absolute Gasteiger partial charge is 0.264 e. The van der Waals surface area contributed by atoms with Gasteiger partial charge in [-0.1, -0.05) is 23.2 Å². The molecule has 1 aliphatic heterocycles. The highest BCUT2D eigenvalue weighted by molar-refractivity contribution is 6.35. The largest absolute Gasteiger partial charge is 0.497 e. The second kappa shape index (κ2) is 7.33. The molecular formula is C18H15Cl2NO4. The molecule has 1 amide bonds. The van der Waals surface area contributed by atoms with E-state index in [1.54, 1.807) is 36.4 Å². The van der Waals surface area contributed by atoms with Gasteiger partial charge < -0.3 is 14.4 Å². The summed E-state index contributed by atoms with van der Waals surface area (Å²) in [5, 5.41) is 0.815. The van der Waals surface area contributed by atoms with Gasteiger partial charge >= 0.3 is 0 Å². The Balaban J connectivity index is 1.79. The van der Waals surface area contributed by atoms with Crippen LogP contribution in [0.3, 0.4) is 0 Å². The highest BCUT2D eigenvalue weighted by Crippen LogP contribution is 2.32.